The molecule has 244 valence electrons. The van der Waals surface area contributed by atoms with E-state index in [9.17, 15) is 5.84 Å². The van der Waals surface area contributed by atoms with Crippen molar-refractivity contribution in [3.63, 3.8) is 0 Å². The second-order valence-corrected chi connectivity index (χ2v) is 13.0. The molecule has 3 rings (SSSR count). The number of hydrogen-bond donors (Lipinski definition) is 0. The number of unbranched alkanes of at least 4 members (excludes halogenated alkanes) is 14. The van der Waals surface area contributed by atoms with E-state index in [2.05, 4.69) is 94.1 Å². The van der Waals surface area contributed by atoms with Crippen LogP contribution in [0.1, 0.15) is 166 Å². The molecular weight excluding hydrogens is 544 g/mol. The number of allylic oxidation sites excluding steroid dienone is 3. The van der Waals surface area contributed by atoms with Gasteiger partial charge in [-0.15, -0.1) is 0 Å². The number of rotatable bonds is 21. The third-order valence-corrected chi connectivity index (χ3v) is 9.08. The van der Waals surface area contributed by atoms with Gasteiger partial charge in [-0.05, 0) is 80.3 Å². The Labute approximate surface area is 277 Å². The third kappa shape index (κ3) is 12.0. The first kappa shape index (κ1) is 36.4. The molecule has 0 amide bonds. The van der Waals surface area contributed by atoms with Gasteiger partial charge in [0.05, 0.1) is 5.57 Å². The topological polar surface area (TPSA) is 26.8 Å². The van der Waals surface area contributed by atoms with Gasteiger partial charge in [0, 0.05) is 17.5 Å². The highest BCUT2D eigenvalue weighted by Crippen LogP contribution is 2.35. The lowest BCUT2D eigenvalue weighted by Crippen LogP contribution is -2.11. The summed E-state index contributed by atoms with van der Waals surface area (Å²) in [5.74, 6) is 16.8. The van der Waals surface area contributed by atoms with Crippen molar-refractivity contribution >= 4 is 11.4 Å². The summed E-state index contributed by atoms with van der Waals surface area (Å²) in [6, 6.07) is 18.0. The van der Waals surface area contributed by atoms with Gasteiger partial charge in [-0.25, -0.2) is 4.68 Å². The van der Waals surface area contributed by atoms with Gasteiger partial charge in [0.15, 0.2) is 0 Å². The lowest BCUT2D eigenvalue weighted by molar-refractivity contribution is -0.347. The second-order valence-electron chi connectivity index (χ2n) is 13.0. The molecule has 2 aromatic rings. The van der Waals surface area contributed by atoms with E-state index in [-0.39, 0.29) is 0 Å². The SMILES string of the molecule is CCCCCCCC=C1C(C#CCCCCCCCCC)=C(c2ccc(CCCC)cc2)[N+]([NH-])=C1c1ccc(CCCC)cc1. The van der Waals surface area contributed by atoms with Crippen molar-refractivity contribution in [3.8, 4) is 11.8 Å². The average Bonchev–Trinajstić information content (AvgIpc) is 3.34. The molecule has 45 heavy (non-hydrogen) atoms. The van der Waals surface area contributed by atoms with Crippen molar-refractivity contribution in [2.75, 3.05) is 0 Å². The van der Waals surface area contributed by atoms with Crippen LogP contribution in [0.15, 0.2) is 65.8 Å². The van der Waals surface area contributed by atoms with Crippen LogP contribution in [0.2, 0.25) is 0 Å². The Hall–Kier alpha value is -3.05. The zero-order chi connectivity index (χ0) is 32.1. The van der Waals surface area contributed by atoms with Gasteiger partial charge in [-0.1, -0.05) is 147 Å². The van der Waals surface area contributed by atoms with Crippen LogP contribution in [0.4, 0.5) is 0 Å². The second kappa shape index (κ2) is 21.6. The van der Waals surface area contributed by atoms with E-state index in [1.165, 1.54) is 107 Å². The van der Waals surface area contributed by atoms with Crippen molar-refractivity contribution in [1.82, 2.24) is 0 Å². The monoisotopic (exact) mass is 606 g/mol. The maximum absolute atomic E-state index is 9.54. The molecule has 0 saturated heterocycles. The Morgan fingerprint density at radius 1 is 0.578 bits per heavy atom. The van der Waals surface area contributed by atoms with Crippen LogP contribution in [-0.4, -0.2) is 10.4 Å². The van der Waals surface area contributed by atoms with Crippen LogP contribution in [0.3, 0.4) is 0 Å². The van der Waals surface area contributed by atoms with Crippen molar-refractivity contribution in [2.45, 2.75) is 156 Å². The smallest absolute Gasteiger partial charge is 0.225 e. The highest BCUT2D eigenvalue weighted by molar-refractivity contribution is 6.17. The van der Waals surface area contributed by atoms with Crippen LogP contribution < -0.4 is 0 Å². The van der Waals surface area contributed by atoms with Gasteiger partial charge in [-0.3, -0.25) is 0 Å². The summed E-state index contributed by atoms with van der Waals surface area (Å²) in [5, 5.41) is 0. The standard InChI is InChI=1S/C43H62N2/c1-5-9-13-15-17-18-19-21-23-27-41-40(26-22-20-16-14-10-6-2)42(38-32-28-36(29-33-38)24-11-7-3)45(44)43(41)39-34-30-37(31-35-39)25-12-8-4/h26,28-35,44H,5-22,24-25H2,1-4H3. The maximum Gasteiger partial charge on any atom is 0.225 e. The van der Waals surface area contributed by atoms with E-state index in [1.54, 1.807) is 4.68 Å². The summed E-state index contributed by atoms with van der Waals surface area (Å²) in [4.78, 5) is 0. The molecule has 2 aromatic carbocycles. The summed E-state index contributed by atoms with van der Waals surface area (Å²) in [6.45, 7) is 9.05. The summed E-state index contributed by atoms with van der Waals surface area (Å²) in [6.07, 6.45) is 26.8. The number of benzene rings is 2. The van der Waals surface area contributed by atoms with E-state index < -0.39 is 0 Å². The van der Waals surface area contributed by atoms with Gasteiger partial charge < -0.3 is 5.84 Å². The van der Waals surface area contributed by atoms with Gasteiger partial charge in [0.2, 0.25) is 11.4 Å². The highest BCUT2D eigenvalue weighted by atomic mass is 15.3. The molecule has 0 unspecified atom stereocenters. The predicted octanol–water partition coefficient (Wildman–Crippen LogP) is 13.0. The first-order valence-corrected chi connectivity index (χ1v) is 18.6. The Morgan fingerprint density at radius 3 is 1.62 bits per heavy atom. The molecule has 0 bridgehead atoms. The van der Waals surface area contributed by atoms with Gasteiger partial charge in [0.1, 0.15) is 5.57 Å². The summed E-state index contributed by atoms with van der Waals surface area (Å²) >= 11 is 0. The lowest BCUT2D eigenvalue weighted by Gasteiger charge is -2.09. The first-order chi connectivity index (χ1) is 22.1. The molecule has 2 heteroatoms. The van der Waals surface area contributed by atoms with E-state index in [4.69, 9.17) is 0 Å². The summed E-state index contributed by atoms with van der Waals surface area (Å²) < 4.78 is 1.70. The minimum atomic E-state index is 0.921. The van der Waals surface area contributed by atoms with E-state index in [0.29, 0.717) is 0 Å². The lowest BCUT2D eigenvalue weighted by atomic mass is 9.93. The molecule has 1 heterocycles. The van der Waals surface area contributed by atoms with Crippen LogP contribution in [0.5, 0.6) is 0 Å². The molecular formula is C43H62N2. The van der Waals surface area contributed by atoms with Crippen LogP contribution in [-0.2, 0) is 12.8 Å². The van der Waals surface area contributed by atoms with Gasteiger partial charge in [0.25, 0.3) is 0 Å². The Morgan fingerprint density at radius 2 is 1.07 bits per heavy atom. The maximum atomic E-state index is 9.54. The summed E-state index contributed by atoms with van der Waals surface area (Å²) in [7, 11) is 0. The highest BCUT2D eigenvalue weighted by Gasteiger charge is 2.34. The number of nitrogens with one attached hydrogen (secondary N) is 1. The minimum absolute atomic E-state index is 0.921. The van der Waals surface area contributed by atoms with Gasteiger partial charge >= 0.3 is 0 Å². The normalized spacial score (nSPS) is 14.0. The van der Waals surface area contributed by atoms with Crippen molar-refractivity contribution < 1.29 is 4.68 Å². The Bertz CT molecular complexity index is 1280. The predicted molar refractivity (Wildman–Crippen MR) is 198 cm³/mol. The largest absolute Gasteiger partial charge is 0.448 e. The van der Waals surface area contributed by atoms with Crippen molar-refractivity contribution in [2.24, 2.45) is 0 Å². The number of aryl methyl sites for hydroxylation is 2. The zero-order valence-corrected chi connectivity index (χ0v) is 29.3. The van der Waals surface area contributed by atoms with Crippen LogP contribution in [0.25, 0.3) is 11.5 Å². The fourth-order valence-corrected chi connectivity index (χ4v) is 6.21. The molecule has 0 saturated carbocycles. The average molecular weight is 607 g/mol. The molecule has 1 N–H and O–H groups in total. The third-order valence-electron chi connectivity index (χ3n) is 9.08. The van der Waals surface area contributed by atoms with E-state index in [1.807, 2.05) is 0 Å². The van der Waals surface area contributed by atoms with E-state index in [0.717, 1.165) is 65.8 Å². The molecule has 0 aliphatic carbocycles. The Balaban J connectivity index is 1.97. The number of hydrogen-bond acceptors (Lipinski definition) is 0. The molecule has 0 spiro atoms. The minimum Gasteiger partial charge on any atom is -0.448 e. The fourth-order valence-electron chi connectivity index (χ4n) is 6.21. The zero-order valence-electron chi connectivity index (χ0n) is 29.3. The van der Waals surface area contributed by atoms with Gasteiger partial charge in [-0.2, -0.15) is 0 Å². The van der Waals surface area contributed by atoms with E-state index >= 15 is 0 Å². The Kier molecular flexibility index (Phi) is 17.5. The quantitative estimate of drug-likeness (QED) is 0.0768. The van der Waals surface area contributed by atoms with Crippen LogP contribution >= 0.6 is 0 Å². The molecule has 0 atom stereocenters. The molecule has 0 aromatic heterocycles. The molecule has 0 fully saturated rings. The fraction of sp³-hybridized carbons (Fsp3) is 0.558. The molecule has 0 radical (unpaired) electrons. The van der Waals surface area contributed by atoms with Crippen LogP contribution in [0, 0.1) is 11.8 Å². The number of nitrogens with zero attached hydrogens (tertiary/aromatic N) is 1. The van der Waals surface area contributed by atoms with Crippen molar-refractivity contribution in [1.29, 1.82) is 0 Å². The summed E-state index contributed by atoms with van der Waals surface area (Å²) in [5.41, 5.74) is 9.06. The molecule has 2 nitrogen and oxygen atoms in total. The molecule has 1 aliphatic rings. The van der Waals surface area contributed by atoms with Crippen molar-refractivity contribution in [3.05, 3.63) is 93.8 Å². The molecule has 1 aliphatic heterocycles. The first-order valence-electron chi connectivity index (χ1n) is 18.6.